The number of rotatable bonds is 3. The monoisotopic (exact) mass is 276 g/mol. The summed E-state index contributed by atoms with van der Waals surface area (Å²) in [5.41, 5.74) is 1.28. The lowest BCUT2D eigenvalue weighted by Crippen LogP contribution is -2.38. The molecule has 1 saturated heterocycles. The first-order valence-corrected chi connectivity index (χ1v) is 6.95. The Hall–Kier alpha value is -2.04. The first-order valence-electron chi connectivity index (χ1n) is 6.95. The van der Waals surface area contributed by atoms with E-state index in [4.69, 9.17) is 0 Å². The van der Waals surface area contributed by atoms with Crippen molar-refractivity contribution in [1.82, 2.24) is 4.90 Å². The Morgan fingerprint density at radius 2 is 2.20 bits per heavy atom. The van der Waals surface area contributed by atoms with Gasteiger partial charge in [-0.2, -0.15) is 0 Å². The molecule has 1 aliphatic heterocycles. The molecule has 2 amide bonds. The van der Waals surface area contributed by atoms with E-state index in [1.165, 1.54) is 6.07 Å². The maximum Gasteiger partial charge on any atom is 0.337 e. The Balaban J connectivity index is 2.21. The predicted octanol–water partition coefficient (Wildman–Crippen LogP) is 3.10. The Morgan fingerprint density at radius 1 is 1.45 bits per heavy atom. The average Bonchev–Trinajstić information content (AvgIpc) is 2.89. The SMILES string of the molecule is CCC1CCCN1C(=O)Nc1c(C)cccc1C(=O)O. The number of benzene rings is 1. The number of carbonyl (C=O) groups excluding carboxylic acids is 1. The number of hydrogen-bond acceptors (Lipinski definition) is 2. The molecule has 20 heavy (non-hydrogen) atoms. The van der Waals surface area contributed by atoms with Gasteiger partial charge in [0.15, 0.2) is 0 Å². The van der Waals surface area contributed by atoms with Crippen molar-refractivity contribution in [3.63, 3.8) is 0 Å². The summed E-state index contributed by atoms with van der Waals surface area (Å²) in [6.45, 7) is 4.59. The van der Waals surface area contributed by atoms with Crippen molar-refractivity contribution in [2.24, 2.45) is 0 Å². The molecule has 1 fully saturated rings. The minimum absolute atomic E-state index is 0.130. The van der Waals surface area contributed by atoms with E-state index in [-0.39, 0.29) is 17.6 Å². The van der Waals surface area contributed by atoms with Crippen LogP contribution in [-0.4, -0.2) is 34.6 Å². The zero-order valence-corrected chi connectivity index (χ0v) is 11.8. The van der Waals surface area contributed by atoms with Crippen LogP contribution in [0.15, 0.2) is 18.2 Å². The zero-order valence-electron chi connectivity index (χ0n) is 11.8. The van der Waals surface area contributed by atoms with Crippen LogP contribution in [-0.2, 0) is 0 Å². The zero-order chi connectivity index (χ0) is 14.7. The highest BCUT2D eigenvalue weighted by Gasteiger charge is 2.28. The number of carbonyl (C=O) groups is 2. The number of carboxylic acid groups (broad SMARTS) is 1. The summed E-state index contributed by atoms with van der Waals surface area (Å²) < 4.78 is 0. The molecule has 5 heteroatoms. The number of anilines is 1. The van der Waals surface area contributed by atoms with Crippen molar-refractivity contribution in [1.29, 1.82) is 0 Å². The quantitative estimate of drug-likeness (QED) is 0.891. The minimum Gasteiger partial charge on any atom is -0.478 e. The van der Waals surface area contributed by atoms with E-state index < -0.39 is 5.97 Å². The molecule has 0 bridgehead atoms. The Bertz CT molecular complexity index is 528. The summed E-state index contributed by atoms with van der Waals surface area (Å²) in [5, 5.41) is 12.0. The van der Waals surface area contributed by atoms with Crippen LogP contribution in [0.4, 0.5) is 10.5 Å². The normalized spacial score (nSPS) is 18.1. The van der Waals surface area contributed by atoms with E-state index in [0.717, 1.165) is 31.4 Å². The third kappa shape index (κ3) is 2.76. The molecule has 0 aromatic heterocycles. The molecular formula is C15H20N2O3. The number of hydrogen-bond donors (Lipinski definition) is 2. The Labute approximate surface area is 118 Å². The molecule has 1 aliphatic rings. The summed E-state index contributed by atoms with van der Waals surface area (Å²) in [6.07, 6.45) is 2.95. The molecule has 0 spiro atoms. The van der Waals surface area contributed by atoms with Crippen LogP contribution in [0.1, 0.15) is 42.1 Å². The van der Waals surface area contributed by atoms with Crippen LogP contribution in [0.2, 0.25) is 0 Å². The number of aryl methyl sites for hydroxylation is 1. The highest BCUT2D eigenvalue weighted by molar-refractivity contribution is 6.01. The fourth-order valence-electron chi connectivity index (χ4n) is 2.72. The molecule has 1 unspecified atom stereocenters. The van der Waals surface area contributed by atoms with Gasteiger partial charge in [0, 0.05) is 12.6 Å². The van der Waals surface area contributed by atoms with Gasteiger partial charge in [-0.1, -0.05) is 19.1 Å². The van der Waals surface area contributed by atoms with Gasteiger partial charge >= 0.3 is 12.0 Å². The van der Waals surface area contributed by atoms with Gasteiger partial charge < -0.3 is 15.3 Å². The van der Waals surface area contributed by atoms with Gasteiger partial charge in [-0.15, -0.1) is 0 Å². The molecule has 0 radical (unpaired) electrons. The van der Waals surface area contributed by atoms with Gasteiger partial charge in [-0.25, -0.2) is 9.59 Å². The molecule has 1 heterocycles. The van der Waals surface area contributed by atoms with Crippen molar-refractivity contribution in [2.75, 3.05) is 11.9 Å². The number of amides is 2. The summed E-state index contributed by atoms with van der Waals surface area (Å²) in [4.78, 5) is 25.4. The molecule has 1 aromatic rings. The standard InChI is InChI=1S/C15H20N2O3/c1-3-11-7-5-9-17(11)15(20)16-13-10(2)6-4-8-12(13)14(18)19/h4,6,8,11H,3,5,7,9H2,1-2H3,(H,16,20)(H,18,19). The van der Waals surface area contributed by atoms with Gasteiger partial charge in [-0.05, 0) is 37.8 Å². The lowest BCUT2D eigenvalue weighted by atomic mass is 10.1. The van der Waals surface area contributed by atoms with Crippen LogP contribution in [0.25, 0.3) is 0 Å². The number of nitrogens with zero attached hydrogens (tertiary/aromatic N) is 1. The number of para-hydroxylation sites is 1. The van der Waals surface area contributed by atoms with Crippen molar-refractivity contribution in [3.8, 4) is 0 Å². The van der Waals surface area contributed by atoms with Crippen LogP contribution < -0.4 is 5.32 Å². The Kier molecular flexibility index (Phi) is 4.27. The topological polar surface area (TPSA) is 69.6 Å². The number of urea groups is 1. The van der Waals surface area contributed by atoms with E-state index in [0.29, 0.717) is 5.69 Å². The molecule has 5 nitrogen and oxygen atoms in total. The van der Waals surface area contributed by atoms with Gasteiger partial charge in [0.05, 0.1) is 11.3 Å². The molecule has 0 aliphatic carbocycles. The fourth-order valence-corrected chi connectivity index (χ4v) is 2.72. The fraction of sp³-hybridized carbons (Fsp3) is 0.467. The van der Waals surface area contributed by atoms with Gasteiger partial charge in [0.1, 0.15) is 0 Å². The van der Waals surface area contributed by atoms with Crippen LogP contribution in [0, 0.1) is 6.92 Å². The highest BCUT2D eigenvalue weighted by Crippen LogP contribution is 2.24. The van der Waals surface area contributed by atoms with E-state index in [1.807, 2.05) is 0 Å². The lowest BCUT2D eigenvalue weighted by molar-refractivity contribution is 0.0698. The molecule has 108 valence electrons. The van der Waals surface area contributed by atoms with Crippen LogP contribution >= 0.6 is 0 Å². The average molecular weight is 276 g/mol. The third-order valence-electron chi connectivity index (χ3n) is 3.84. The van der Waals surface area contributed by atoms with Crippen molar-refractivity contribution in [3.05, 3.63) is 29.3 Å². The minimum atomic E-state index is -1.03. The van der Waals surface area contributed by atoms with E-state index >= 15 is 0 Å². The van der Waals surface area contributed by atoms with E-state index in [1.54, 1.807) is 24.0 Å². The van der Waals surface area contributed by atoms with Crippen molar-refractivity contribution < 1.29 is 14.7 Å². The largest absolute Gasteiger partial charge is 0.478 e. The number of aromatic carboxylic acids is 1. The van der Waals surface area contributed by atoms with Gasteiger partial charge in [0.25, 0.3) is 0 Å². The van der Waals surface area contributed by atoms with E-state index in [2.05, 4.69) is 12.2 Å². The van der Waals surface area contributed by atoms with Crippen molar-refractivity contribution in [2.45, 2.75) is 39.2 Å². The first-order chi connectivity index (χ1) is 9.54. The third-order valence-corrected chi connectivity index (χ3v) is 3.84. The second-order valence-electron chi connectivity index (χ2n) is 5.13. The molecule has 1 aromatic carbocycles. The maximum absolute atomic E-state index is 12.3. The number of carboxylic acids is 1. The molecular weight excluding hydrogens is 256 g/mol. The second kappa shape index (κ2) is 5.94. The van der Waals surface area contributed by atoms with Gasteiger partial charge in [0.2, 0.25) is 0 Å². The number of likely N-dealkylation sites (tertiary alicyclic amines) is 1. The summed E-state index contributed by atoms with van der Waals surface area (Å²) >= 11 is 0. The maximum atomic E-state index is 12.3. The lowest BCUT2D eigenvalue weighted by Gasteiger charge is -2.24. The summed E-state index contributed by atoms with van der Waals surface area (Å²) in [5.74, 6) is -1.03. The molecule has 2 N–H and O–H groups in total. The summed E-state index contributed by atoms with van der Waals surface area (Å²) in [7, 11) is 0. The molecule has 2 rings (SSSR count). The first kappa shape index (κ1) is 14.4. The second-order valence-corrected chi connectivity index (χ2v) is 5.13. The van der Waals surface area contributed by atoms with Crippen molar-refractivity contribution >= 4 is 17.7 Å². The molecule has 1 atom stereocenters. The van der Waals surface area contributed by atoms with Gasteiger partial charge in [-0.3, -0.25) is 0 Å². The highest BCUT2D eigenvalue weighted by atomic mass is 16.4. The number of nitrogens with one attached hydrogen (secondary N) is 1. The summed E-state index contributed by atoms with van der Waals surface area (Å²) in [6, 6.07) is 5.03. The van der Waals surface area contributed by atoms with Crippen LogP contribution in [0.3, 0.4) is 0 Å². The predicted molar refractivity (Wildman–Crippen MR) is 77.2 cm³/mol. The molecule has 0 saturated carbocycles. The van der Waals surface area contributed by atoms with Crippen LogP contribution in [0.5, 0.6) is 0 Å². The Morgan fingerprint density at radius 3 is 2.85 bits per heavy atom. The van der Waals surface area contributed by atoms with E-state index in [9.17, 15) is 14.7 Å². The smallest absolute Gasteiger partial charge is 0.337 e.